The number of hydrogen-bond donors (Lipinski definition) is 0. The molecule has 1 rings (SSSR count). The van der Waals surface area contributed by atoms with Crippen LogP contribution in [0.4, 0.5) is 4.39 Å². The Balaban J connectivity index is 3.21. The first-order valence-electron chi connectivity index (χ1n) is 4.78. The van der Waals surface area contributed by atoms with E-state index in [9.17, 15) is 14.0 Å². The molecule has 1 aromatic carbocycles. The van der Waals surface area contributed by atoms with E-state index in [1.807, 2.05) is 0 Å². The molecule has 0 heterocycles. The van der Waals surface area contributed by atoms with Crippen LogP contribution in [-0.4, -0.2) is 11.0 Å². The van der Waals surface area contributed by atoms with E-state index in [0.717, 1.165) is 17.8 Å². The van der Waals surface area contributed by atoms with Crippen molar-refractivity contribution in [2.75, 3.05) is 0 Å². The Morgan fingerprint density at radius 3 is 2.78 bits per heavy atom. The van der Waals surface area contributed by atoms with Crippen molar-refractivity contribution in [3.8, 4) is 0 Å². The number of nitrogens with zero attached hydrogens (tertiary/aromatic N) is 3. The molecular formula is C10H7BrFN3O2S. The third-order valence-electron chi connectivity index (χ3n) is 1.90. The SMILES string of the molecule is CCC(=O)Sc1cc(C(=O)N=[N+]=[N-])c(F)cc1Br. The van der Waals surface area contributed by atoms with Crippen LogP contribution in [0.2, 0.25) is 0 Å². The van der Waals surface area contributed by atoms with Gasteiger partial charge in [0.05, 0.1) is 5.56 Å². The summed E-state index contributed by atoms with van der Waals surface area (Å²) in [6.45, 7) is 1.69. The van der Waals surface area contributed by atoms with Gasteiger partial charge >= 0.3 is 0 Å². The highest BCUT2D eigenvalue weighted by molar-refractivity contribution is 9.10. The summed E-state index contributed by atoms with van der Waals surface area (Å²) in [5.41, 5.74) is 7.78. The molecule has 0 atom stereocenters. The molecule has 0 aliphatic rings. The molecule has 0 aromatic heterocycles. The summed E-state index contributed by atoms with van der Waals surface area (Å²) in [6, 6.07) is 2.25. The minimum Gasteiger partial charge on any atom is -0.287 e. The zero-order valence-corrected chi connectivity index (χ0v) is 11.6. The van der Waals surface area contributed by atoms with Crippen molar-refractivity contribution in [2.45, 2.75) is 18.2 Å². The fourth-order valence-corrected chi connectivity index (χ4v) is 2.34. The van der Waals surface area contributed by atoms with Crippen LogP contribution in [-0.2, 0) is 4.79 Å². The van der Waals surface area contributed by atoms with Gasteiger partial charge in [0.15, 0.2) is 5.12 Å². The normalized spacial score (nSPS) is 9.72. The molecule has 0 radical (unpaired) electrons. The molecule has 1 amide bonds. The van der Waals surface area contributed by atoms with Gasteiger partial charge < -0.3 is 0 Å². The summed E-state index contributed by atoms with van der Waals surface area (Å²) >= 11 is 3.99. The van der Waals surface area contributed by atoms with E-state index in [-0.39, 0.29) is 10.7 Å². The van der Waals surface area contributed by atoms with Gasteiger partial charge in [0.1, 0.15) is 5.82 Å². The average molecular weight is 332 g/mol. The van der Waals surface area contributed by atoms with Crippen molar-refractivity contribution in [1.82, 2.24) is 0 Å². The molecule has 0 unspecified atom stereocenters. The highest BCUT2D eigenvalue weighted by Gasteiger charge is 2.15. The van der Waals surface area contributed by atoms with Crippen LogP contribution in [0.25, 0.3) is 10.4 Å². The van der Waals surface area contributed by atoms with Gasteiger partial charge in [0, 0.05) is 20.7 Å². The lowest BCUT2D eigenvalue weighted by Crippen LogP contribution is -2.00. The zero-order valence-electron chi connectivity index (χ0n) is 9.18. The summed E-state index contributed by atoms with van der Waals surface area (Å²) in [5.74, 6) is -1.83. The van der Waals surface area contributed by atoms with Gasteiger partial charge in [0.2, 0.25) is 0 Å². The van der Waals surface area contributed by atoms with E-state index >= 15 is 0 Å². The van der Waals surface area contributed by atoms with E-state index in [2.05, 4.69) is 26.0 Å². The van der Waals surface area contributed by atoms with Crippen LogP contribution < -0.4 is 0 Å². The van der Waals surface area contributed by atoms with Crippen molar-refractivity contribution in [3.63, 3.8) is 0 Å². The van der Waals surface area contributed by atoms with E-state index < -0.39 is 11.7 Å². The molecule has 0 aliphatic heterocycles. The fourth-order valence-electron chi connectivity index (χ4n) is 1.06. The molecule has 0 saturated heterocycles. The van der Waals surface area contributed by atoms with E-state index in [0.29, 0.717) is 15.8 Å². The van der Waals surface area contributed by atoms with Crippen molar-refractivity contribution in [3.05, 3.63) is 38.4 Å². The lowest BCUT2D eigenvalue weighted by molar-refractivity contribution is -0.110. The lowest BCUT2D eigenvalue weighted by atomic mass is 10.2. The predicted octanol–water partition coefficient (Wildman–Crippen LogP) is 4.07. The third kappa shape index (κ3) is 3.56. The number of hydrogen-bond acceptors (Lipinski definition) is 3. The van der Waals surface area contributed by atoms with Crippen molar-refractivity contribution in [2.24, 2.45) is 5.11 Å². The molecule has 94 valence electrons. The first kappa shape index (κ1) is 14.7. The number of carbonyl (C=O) groups is 2. The number of azide groups is 1. The smallest absolute Gasteiger partial charge is 0.252 e. The van der Waals surface area contributed by atoms with Crippen LogP contribution in [0.3, 0.4) is 0 Å². The van der Waals surface area contributed by atoms with Gasteiger partial charge in [-0.1, -0.05) is 18.7 Å². The Morgan fingerprint density at radius 1 is 1.56 bits per heavy atom. The first-order chi connectivity index (χ1) is 8.49. The predicted molar refractivity (Wildman–Crippen MR) is 68.7 cm³/mol. The highest BCUT2D eigenvalue weighted by atomic mass is 79.9. The van der Waals surface area contributed by atoms with Gasteiger partial charge in [0.25, 0.3) is 5.91 Å². The molecule has 0 N–H and O–H groups in total. The summed E-state index contributed by atoms with van der Waals surface area (Å²) in [4.78, 5) is 25.3. The van der Waals surface area contributed by atoms with Crippen molar-refractivity contribution < 1.29 is 14.0 Å². The van der Waals surface area contributed by atoms with Gasteiger partial charge in [-0.05, 0) is 38.7 Å². The van der Waals surface area contributed by atoms with E-state index in [4.69, 9.17) is 5.53 Å². The van der Waals surface area contributed by atoms with Gasteiger partial charge in [-0.3, -0.25) is 9.59 Å². The van der Waals surface area contributed by atoms with E-state index in [1.54, 1.807) is 6.92 Å². The van der Waals surface area contributed by atoms with Crippen LogP contribution in [0.5, 0.6) is 0 Å². The quantitative estimate of drug-likeness (QED) is 0.362. The fraction of sp³-hybridized carbons (Fsp3) is 0.200. The molecule has 18 heavy (non-hydrogen) atoms. The van der Waals surface area contributed by atoms with E-state index in [1.165, 1.54) is 6.07 Å². The number of rotatable bonds is 3. The maximum atomic E-state index is 13.5. The van der Waals surface area contributed by atoms with Crippen molar-refractivity contribution >= 4 is 38.7 Å². The largest absolute Gasteiger partial charge is 0.287 e. The highest BCUT2D eigenvalue weighted by Crippen LogP contribution is 2.31. The summed E-state index contributed by atoms with van der Waals surface area (Å²) in [5, 5.41) is 2.70. The van der Waals surface area contributed by atoms with Crippen LogP contribution in [0.15, 0.2) is 26.6 Å². The molecule has 0 spiro atoms. The minimum atomic E-state index is -1.02. The number of amides is 1. The van der Waals surface area contributed by atoms with Crippen molar-refractivity contribution in [1.29, 1.82) is 0 Å². The Bertz CT molecular complexity index is 558. The number of carbonyl (C=O) groups excluding carboxylic acids is 2. The second kappa shape index (κ2) is 6.53. The Hall–Kier alpha value is -1.37. The minimum absolute atomic E-state index is 0.121. The Kier molecular flexibility index (Phi) is 5.33. The molecular weight excluding hydrogens is 325 g/mol. The van der Waals surface area contributed by atoms with Crippen LogP contribution in [0, 0.1) is 5.82 Å². The molecule has 8 heteroatoms. The summed E-state index contributed by atoms with van der Waals surface area (Å²) in [7, 11) is 0. The molecule has 0 aliphatic carbocycles. The first-order valence-corrected chi connectivity index (χ1v) is 6.39. The Morgan fingerprint density at radius 2 is 2.22 bits per heavy atom. The second-order valence-corrected chi connectivity index (χ2v) is 5.04. The number of thioether (sulfide) groups is 1. The van der Waals surface area contributed by atoms with Gasteiger partial charge in [-0.25, -0.2) is 4.39 Å². The standard InChI is InChI=1S/C10H7BrFN3O2S/c1-2-9(16)18-8-3-5(10(17)14-15-13)7(12)4-6(8)11/h3-4H,2H2,1H3. The second-order valence-electron chi connectivity index (χ2n) is 3.08. The molecule has 5 nitrogen and oxygen atoms in total. The average Bonchev–Trinajstić information content (AvgIpc) is 2.32. The zero-order chi connectivity index (χ0) is 13.7. The number of halogens is 2. The molecule has 0 bridgehead atoms. The number of benzene rings is 1. The monoisotopic (exact) mass is 331 g/mol. The van der Waals surface area contributed by atoms with Crippen LogP contribution >= 0.6 is 27.7 Å². The van der Waals surface area contributed by atoms with Gasteiger partial charge in [-0.2, -0.15) is 0 Å². The lowest BCUT2D eigenvalue weighted by Gasteiger charge is -2.05. The molecule has 0 fully saturated rings. The van der Waals surface area contributed by atoms with Crippen LogP contribution in [0.1, 0.15) is 23.7 Å². The molecule has 1 aromatic rings. The van der Waals surface area contributed by atoms with Gasteiger partial charge in [-0.15, -0.1) is 0 Å². The topological polar surface area (TPSA) is 82.9 Å². The third-order valence-corrected chi connectivity index (χ3v) is 3.89. The maximum Gasteiger partial charge on any atom is 0.252 e. The summed E-state index contributed by atoms with van der Waals surface area (Å²) < 4.78 is 13.9. The Labute approximate surface area is 115 Å². The maximum absolute atomic E-state index is 13.5. The summed E-state index contributed by atoms with van der Waals surface area (Å²) in [6.07, 6.45) is 0.314. The molecule has 0 saturated carbocycles.